The third-order valence-electron chi connectivity index (χ3n) is 2.17. The Morgan fingerprint density at radius 1 is 1.29 bits per heavy atom. The van der Waals surface area contributed by atoms with Gasteiger partial charge in [-0.3, -0.25) is 4.40 Å². The van der Waals surface area contributed by atoms with Crippen molar-refractivity contribution in [1.29, 1.82) is 0 Å². The van der Waals surface area contributed by atoms with Crippen LogP contribution in [-0.2, 0) is 0 Å². The van der Waals surface area contributed by atoms with Crippen molar-refractivity contribution in [3.63, 3.8) is 0 Å². The van der Waals surface area contributed by atoms with Gasteiger partial charge in [-0.05, 0) is 18.2 Å². The van der Waals surface area contributed by atoms with Crippen molar-refractivity contribution < 1.29 is 0 Å². The van der Waals surface area contributed by atoms with Crippen molar-refractivity contribution in [3.8, 4) is 0 Å². The molecule has 3 aromatic heterocycles. The Kier molecular flexibility index (Phi) is 1.28. The van der Waals surface area contributed by atoms with Gasteiger partial charge in [0.05, 0.1) is 11.9 Å². The second kappa shape index (κ2) is 2.45. The van der Waals surface area contributed by atoms with Gasteiger partial charge in [0, 0.05) is 6.20 Å². The molecule has 3 heterocycles. The Bertz CT molecular complexity index is 612. The summed E-state index contributed by atoms with van der Waals surface area (Å²) in [5.41, 5.74) is 8.84. The molecule has 0 radical (unpaired) electrons. The van der Waals surface area contributed by atoms with Crippen molar-refractivity contribution >= 4 is 22.5 Å². The molecule has 14 heavy (non-hydrogen) atoms. The van der Waals surface area contributed by atoms with Gasteiger partial charge in [0.25, 0.3) is 0 Å². The Morgan fingerprint density at radius 3 is 3.14 bits per heavy atom. The van der Waals surface area contributed by atoms with Crippen molar-refractivity contribution in [2.24, 2.45) is 0 Å². The van der Waals surface area contributed by atoms with Crippen LogP contribution in [0.3, 0.4) is 0 Å². The monoisotopic (exact) mass is 184 g/mol. The maximum absolute atomic E-state index is 5.63. The van der Waals surface area contributed by atoms with E-state index < -0.39 is 0 Å². The number of anilines is 1. The molecule has 0 atom stereocenters. The van der Waals surface area contributed by atoms with E-state index in [9.17, 15) is 0 Å². The summed E-state index contributed by atoms with van der Waals surface area (Å²) in [5, 5.41) is 0. The van der Waals surface area contributed by atoms with E-state index in [0.717, 1.165) is 16.8 Å². The third-order valence-corrected chi connectivity index (χ3v) is 2.17. The number of nitrogen functional groups attached to an aromatic ring is 1. The minimum absolute atomic E-state index is 0.640. The average molecular weight is 184 g/mol. The molecule has 0 saturated carbocycles. The summed E-state index contributed by atoms with van der Waals surface area (Å²) >= 11 is 0. The molecule has 0 aliphatic heterocycles. The zero-order valence-corrected chi connectivity index (χ0v) is 7.38. The molecule has 4 nitrogen and oxygen atoms in total. The molecule has 0 aliphatic carbocycles. The Labute approximate surface area is 80.0 Å². The zero-order chi connectivity index (χ0) is 9.54. The summed E-state index contributed by atoms with van der Waals surface area (Å²) in [5.74, 6) is 0. The fourth-order valence-corrected chi connectivity index (χ4v) is 1.56. The molecule has 0 fully saturated rings. The summed E-state index contributed by atoms with van der Waals surface area (Å²) < 4.78 is 1.94. The first-order valence-corrected chi connectivity index (χ1v) is 4.33. The molecule has 4 heteroatoms. The topological polar surface area (TPSA) is 56.2 Å². The second-order valence-electron chi connectivity index (χ2n) is 3.15. The molecule has 0 bridgehead atoms. The minimum atomic E-state index is 0.640. The molecule has 0 unspecified atom stereocenters. The van der Waals surface area contributed by atoms with E-state index in [4.69, 9.17) is 5.73 Å². The molecule has 2 N–H and O–H groups in total. The number of nitrogens with two attached hydrogens (primary N) is 1. The quantitative estimate of drug-likeness (QED) is 0.575. The normalized spacial score (nSPS) is 11.1. The van der Waals surface area contributed by atoms with E-state index in [1.54, 1.807) is 6.20 Å². The van der Waals surface area contributed by atoms with E-state index in [1.165, 1.54) is 0 Å². The van der Waals surface area contributed by atoms with Gasteiger partial charge in [-0.15, -0.1) is 0 Å². The second-order valence-corrected chi connectivity index (χ2v) is 3.15. The number of nitrogens with zero attached hydrogens (tertiary/aromatic N) is 3. The van der Waals surface area contributed by atoms with Gasteiger partial charge in [0.15, 0.2) is 5.65 Å². The molecule has 0 amide bonds. The van der Waals surface area contributed by atoms with Crippen LogP contribution in [0.4, 0.5) is 5.69 Å². The van der Waals surface area contributed by atoms with Crippen LogP contribution in [0.15, 0.2) is 36.7 Å². The van der Waals surface area contributed by atoms with Crippen molar-refractivity contribution in [2.45, 2.75) is 0 Å². The SMILES string of the molecule is Nc1cnc2c(c1)nc1ccccn12. The number of hydrogen-bond acceptors (Lipinski definition) is 3. The van der Waals surface area contributed by atoms with Crippen molar-refractivity contribution in [3.05, 3.63) is 36.7 Å². The Balaban J connectivity index is 2.57. The van der Waals surface area contributed by atoms with Crippen LogP contribution in [-0.4, -0.2) is 14.4 Å². The first-order chi connectivity index (χ1) is 6.84. The Hall–Kier alpha value is -2.10. The molecule has 3 aromatic rings. The van der Waals surface area contributed by atoms with Gasteiger partial charge in [0.2, 0.25) is 0 Å². The van der Waals surface area contributed by atoms with E-state index >= 15 is 0 Å². The first-order valence-electron chi connectivity index (χ1n) is 4.33. The molecule has 0 saturated heterocycles. The highest BCUT2D eigenvalue weighted by Gasteiger charge is 2.03. The molecule has 0 spiro atoms. The van der Waals surface area contributed by atoms with Crippen LogP contribution in [0.1, 0.15) is 0 Å². The number of pyridine rings is 2. The fraction of sp³-hybridized carbons (Fsp3) is 0. The smallest absolute Gasteiger partial charge is 0.164 e. The number of aromatic nitrogens is 3. The lowest BCUT2D eigenvalue weighted by molar-refractivity contribution is 1.18. The van der Waals surface area contributed by atoms with Crippen LogP contribution < -0.4 is 5.73 Å². The van der Waals surface area contributed by atoms with Crippen LogP contribution in [0.25, 0.3) is 16.8 Å². The van der Waals surface area contributed by atoms with Gasteiger partial charge in [-0.1, -0.05) is 6.07 Å². The number of hydrogen-bond donors (Lipinski definition) is 1. The molecule has 68 valence electrons. The Morgan fingerprint density at radius 2 is 2.21 bits per heavy atom. The summed E-state index contributed by atoms with van der Waals surface area (Å²) in [6.45, 7) is 0. The van der Waals surface area contributed by atoms with Crippen LogP contribution >= 0.6 is 0 Å². The maximum Gasteiger partial charge on any atom is 0.164 e. The third kappa shape index (κ3) is 0.877. The standard InChI is InChI=1S/C10H8N4/c11-7-5-8-10(12-6-7)14-4-2-1-3-9(14)13-8/h1-6H,11H2. The van der Waals surface area contributed by atoms with Gasteiger partial charge < -0.3 is 5.73 Å². The summed E-state index contributed by atoms with van der Waals surface area (Å²) in [6.07, 6.45) is 3.58. The summed E-state index contributed by atoms with van der Waals surface area (Å²) in [7, 11) is 0. The highest BCUT2D eigenvalue weighted by atomic mass is 15.1. The highest BCUT2D eigenvalue weighted by molar-refractivity contribution is 5.79. The molecule has 0 aliphatic rings. The number of fused-ring (bicyclic) bond motifs is 3. The first kappa shape index (κ1) is 7.32. The lowest BCUT2D eigenvalue weighted by Gasteiger charge is -1.93. The van der Waals surface area contributed by atoms with Crippen LogP contribution in [0, 0.1) is 0 Å². The summed E-state index contributed by atoms with van der Waals surface area (Å²) in [6, 6.07) is 7.67. The van der Waals surface area contributed by atoms with E-state index in [1.807, 2.05) is 34.9 Å². The lowest BCUT2D eigenvalue weighted by Crippen LogP contribution is -1.88. The minimum Gasteiger partial charge on any atom is -0.397 e. The van der Waals surface area contributed by atoms with Crippen molar-refractivity contribution in [1.82, 2.24) is 14.4 Å². The molecular weight excluding hydrogens is 176 g/mol. The van der Waals surface area contributed by atoms with Crippen LogP contribution in [0.5, 0.6) is 0 Å². The zero-order valence-electron chi connectivity index (χ0n) is 7.38. The van der Waals surface area contributed by atoms with Crippen LogP contribution in [0.2, 0.25) is 0 Å². The molecular formula is C10H8N4. The van der Waals surface area contributed by atoms with E-state index in [-0.39, 0.29) is 0 Å². The maximum atomic E-state index is 5.63. The van der Waals surface area contributed by atoms with Gasteiger partial charge >= 0.3 is 0 Å². The highest BCUT2D eigenvalue weighted by Crippen LogP contribution is 2.15. The average Bonchev–Trinajstić information content (AvgIpc) is 2.54. The summed E-state index contributed by atoms with van der Waals surface area (Å²) in [4.78, 5) is 8.64. The fourth-order valence-electron chi connectivity index (χ4n) is 1.56. The largest absolute Gasteiger partial charge is 0.397 e. The number of rotatable bonds is 0. The van der Waals surface area contributed by atoms with Crippen molar-refractivity contribution in [2.75, 3.05) is 5.73 Å². The molecule has 3 rings (SSSR count). The van der Waals surface area contributed by atoms with Gasteiger partial charge in [0.1, 0.15) is 11.2 Å². The van der Waals surface area contributed by atoms with E-state index in [0.29, 0.717) is 5.69 Å². The van der Waals surface area contributed by atoms with E-state index in [2.05, 4.69) is 9.97 Å². The number of imidazole rings is 1. The predicted octanol–water partition coefficient (Wildman–Crippen LogP) is 1.46. The predicted molar refractivity (Wildman–Crippen MR) is 54.9 cm³/mol. The lowest BCUT2D eigenvalue weighted by atomic mass is 10.4. The van der Waals surface area contributed by atoms with Gasteiger partial charge in [-0.25, -0.2) is 9.97 Å². The van der Waals surface area contributed by atoms with Gasteiger partial charge in [-0.2, -0.15) is 0 Å². The molecule has 0 aromatic carbocycles.